The average Bonchev–Trinajstić information content (AvgIpc) is 2.62. The fourth-order valence-electron chi connectivity index (χ4n) is 2.96. The number of carboxylic acid groups (broad SMARTS) is 1. The maximum Gasteiger partial charge on any atom is 0.326 e. The van der Waals surface area contributed by atoms with Gasteiger partial charge in [-0.3, -0.25) is 4.79 Å². The van der Waals surface area contributed by atoms with Crippen molar-refractivity contribution in [3.8, 4) is 0 Å². The van der Waals surface area contributed by atoms with E-state index in [0.717, 1.165) is 30.0 Å². The molecule has 0 aliphatic carbocycles. The SMILES string of the molecule is CCCCCCCC[C@H](NC(=O)c1ccc2ccccc2c1)C(=O)O. The van der Waals surface area contributed by atoms with Crippen molar-refractivity contribution in [1.29, 1.82) is 0 Å². The summed E-state index contributed by atoms with van der Waals surface area (Å²) < 4.78 is 0. The number of unbranched alkanes of at least 4 members (excludes halogenated alkanes) is 5. The van der Waals surface area contributed by atoms with Gasteiger partial charge in [0.2, 0.25) is 0 Å². The van der Waals surface area contributed by atoms with Crippen LogP contribution < -0.4 is 5.32 Å². The van der Waals surface area contributed by atoms with Crippen LogP contribution in [0.15, 0.2) is 42.5 Å². The quantitative estimate of drug-likeness (QED) is 0.612. The normalized spacial score (nSPS) is 12.0. The topological polar surface area (TPSA) is 66.4 Å². The molecule has 0 unspecified atom stereocenters. The monoisotopic (exact) mass is 341 g/mol. The van der Waals surface area contributed by atoms with Crippen LogP contribution in [-0.4, -0.2) is 23.0 Å². The van der Waals surface area contributed by atoms with E-state index in [1.807, 2.05) is 30.3 Å². The summed E-state index contributed by atoms with van der Waals surface area (Å²) in [4.78, 5) is 23.8. The van der Waals surface area contributed by atoms with Gasteiger partial charge >= 0.3 is 5.97 Å². The Labute approximate surface area is 149 Å². The Bertz CT molecular complexity index is 711. The number of carboxylic acids is 1. The molecule has 0 aliphatic heterocycles. The lowest BCUT2D eigenvalue weighted by Crippen LogP contribution is -2.40. The first-order valence-electron chi connectivity index (χ1n) is 9.14. The summed E-state index contributed by atoms with van der Waals surface area (Å²) >= 11 is 0. The summed E-state index contributed by atoms with van der Waals surface area (Å²) in [5.41, 5.74) is 0.493. The highest BCUT2D eigenvalue weighted by Gasteiger charge is 2.20. The highest BCUT2D eigenvalue weighted by Crippen LogP contribution is 2.16. The second-order valence-corrected chi connectivity index (χ2v) is 6.48. The van der Waals surface area contributed by atoms with Crippen LogP contribution in [0.1, 0.15) is 62.2 Å². The van der Waals surface area contributed by atoms with Crippen LogP contribution in [0.2, 0.25) is 0 Å². The largest absolute Gasteiger partial charge is 0.480 e. The van der Waals surface area contributed by atoms with E-state index in [9.17, 15) is 14.7 Å². The highest BCUT2D eigenvalue weighted by atomic mass is 16.4. The summed E-state index contributed by atoms with van der Waals surface area (Å²) in [6, 6.07) is 12.4. The van der Waals surface area contributed by atoms with Crippen LogP contribution >= 0.6 is 0 Å². The second-order valence-electron chi connectivity index (χ2n) is 6.48. The Morgan fingerprint density at radius 3 is 2.36 bits per heavy atom. The number of benzene rings is 2. The van der Waals surface area contributed by atoms with E-state index < -0.39 is 12.0 Å². The van der Waals surface area contributed by atoms with Gasteiger partial charge in [0.15, 0.2) is 0 Å². The number of carbonyl (C=O) groups excluding carboxylic acids is 1. The smallest absolute Gasteiger partial charge is 0.326 e. The first-order chi connectivity index (χ1) is 12.1. The minimum atomic E-state index is -0.970. The van der Waals surface area contributed by atoms with Crippen molar-refractivity contribution in [3.05, 3.63) is 48.0 Å². The minimum absolute atomic E-state index is 0.330. The fraction of sp³-hybridized carbons (Fsp3) is 0.429. The predicted octanol–water partition coefficient (Wildman–Crippen LogP) is 4.77. The number of hydrogen-bond acceptors (Lipinski definition) is 2. The molecule has 2 aromatic carbocycles. The van der Waals surface area contributed by atoms with Crippen molar-refractivity contribution in [2.75, 3.05) is 0 Å². The molecule has 0 bridgehead atoms. The van der Waals surface area contributed by atoms with E-state index in [0.29, 0.717) is 12.0 Å². The number of hydrogen-bond donors (Lipinski definition) is 2. The molecular formula is C21H27NO3. The van der Waals surface area contributed by atoms with Crippen LogP contribution in [-0.2, 0) is 4.79 Å². The van der Waals surface area contributed by atoms with Gasteiger partial charge in [0.1, 0.15) is 6.04 Å². The van der Waals surface area contributed by atoms with E-state index in [4.69, 9.17) is 0 Å². The van der Waals surface area contributed by atoms with Gasteiger partial charge in [0.25, 0.3) is 5.91 Å². The van der Waals surface area contributed by atoms with Crippen LogP contribution in [0.4, 0.5) is 0 Å². The van der Waals surface area contributed by atoms with E-state index >= 15 is 0 Å². The second kappa shape index (κ2) is 9.82. The predicted molar refractivity (Wildman–Crippen MR) is 101 cm³/mol. The van der Waals surface area contributed by atoms with E-state index in [-0.39, 0.29) is 5.91 Å². The third kappa shape index (κ3) is 5.89. The van der Waals surface area contributed by atoms with Crippen molar-refractivity contribution in [3.63, 3.8) is 0 Å². The zero-order valence-corrected chi connectivity index (χ0v) is 14.8. The van der Waals surface area contributed by atoms with Gasteiger partial charge in [-0.2, -0.15) is 0 Å². The Hall–Kier alpha value is -2.36. The van der Waals surface area contributed by atoms with Gasteiger partial charge in [-0.15, -0.1) is 0 Å². The molecule has 25 heavy (non-hydrogen) atoms. The summed E-state index contributed by atoms with van der Waals surface area (Å²) in [7, 11) is 0. The van der Waals surface area contributed by atoms with Gasteiger partial charge in [-0.1, -0.05) is 75.8 Å². The first kappa shape index (κ1) is 19.0. The molecule has 0 fully saturated rings. The molecule has 0 saturated heterocycles. The summed E-state index contributed by atoms with van der Waals surface area (Å²) in [6.07, 6.45) is 7.03. The lowest BCUT2D eigenvalue weighted by atomic mass is 10.0. The van der Waals surface area contributed by atoms with Gasteiger partial charge in [-0.25, -0.2) is 4.79 Å². The number of aliphatic carboxylic acids is 1. The lowest BCUT2D eigenvalue weighted by molar-refractivity contribution is -0.139. The number of rotatable bonds is 10. The Morgan fingerprint density at radius 2 is 1.64 bits per heavy atom. The Kier molecular flexibility index (Phi) is 7.45. The molecule has 2 N–H and O–H groups in total. The molecule has 0 radical (unpaired) electrons. The van der Waals surface area contributed by atoms with Crippen LogP contribution in [0.5, 0.6) is 0 Å². The third-order valence-electron chi connectivity index (χ3n) is 4.46. The molecule has 0 spiro atoms. The summed E-state index contributed by atoms with van der Waals surface area (Å²) in [5.74, 6) is -1.30. The van der Waals surface area contributed by atoms with Crippen LogP contribution in [0, 0.1) is 0 Å². The molecule has 0 aromatic heterocycles. The molecule has 0 saturated carbocycles. The molecular weight excluding hydrogens is 314 g/mol. The number of nitrogens with one attached hydrogen (secondary N) is 1. The van der Waals surface area contributed by atoms with E-state index in [1.165, 1.54) is 19.3 Å². The standard InChI is InChI=1S/C21H27NO3/c1-2-3-4-5-6-7-12-19(21(24)25)22-20(23)18-14-13-16-10-8-9-11-17(16)15-18/h8-11,13-15,19H,2-7,12H2,1H3,(H,22,23)(H,24,25)/t19-/m0/s1. The molecule has 4 nitrogen and oxygen atoms in total. The molecule has 0 heterocycles. The number of carbonyl (C=O) groups is 2. The van der Waals surface area contributed by atoms with Crippen molar-refractivity contribution in [2.45, 2.75) is 57.9 Å². The van der Waals surface area contributed by atoms with Crippen molar-refractivity contribution >= 4 is 22.6 Å². The Morgan fingerprint density at radius 1 is 0.960 bits per heavy atom. The molecule has 4 heteroatoms. The van der Waals surface area contributed by atoms with Gasteiger partial charge in [0.05, 0.1) is 0 Å². The van der Waals surface area contributed by atoms with E-state index in [1.54, 1.807) is 12.1 Å². The highest BCUT2D eigenvalue weighted by molar-refractivity contribution is 6.00. The molecule has 1 amide bonds. The number of fused-ring (bicyclic) bond motifs is 1. The zero-order valence-electron chi connectivity index (χ0n) is 14.8. The van der Waals surface area contributed by atoms with Crippen molar-refractivity contribution in [2.24, 2.45) is 0 Å². The van der Waals surface area contributed by atoms with Crippen molar-refractivity contribution in [1.82, 2.24) is 5.32 Å². The summed E-state index contributed by atoms with van der Waals surface area (Å²) in [5, 5.41) is 14.1. The minimum Gasteiger partial charge on any atom is -0.480 e. The average molecular weight is 341 g/mol. The van der Waals surface area contributed by atoms with Crippen LogP contribution in [0.3, 0.4) is 0 Å². The molecule has 2 rings (SSSR count). The first-order valence-corrected chi connectivity index (χ1v) is 9.14. The third-order valence-corrected chi connectivity index (χ3v) is 4.46. The maximum absolute atomic E-state index is 12.4. The lowest BCUT2D eigenvalue weighted by Gasteiger charge is -2.15. The fourth-order valence-corrected chi connectivity index (χ4v) is 2.96. The van der Waals surface area contributed by atoms with Gasteiger partial charge < -0.3 is 10.4 Å². The van der Waals surface area contributed by atoms with Gasteiger partial charge in [0, 0.05) is 5.56 Å². The van der Waals surface area contributed by atoms with E-state index in [2.05, 4.69) is 12.2 Å². The summed E-state index contributed by atoms with van der Waals surface area (Å²) in [6.45, 7) is 2.17. The molecule has 0 aliphatic rings. The van der Waals surface area contributed by atoms with Crippen molar-refractivity contribution < 1.29 is 14.7 Å². The van der Waals surface area contributed by atoms with Gasteiger partial charge in [-0.05, 0) is 29.3 Å². The molecule has 134 valence electrons. The maximum atomic E-state index is 12.4. The van der Waals surface area contributed by atoms with Crippen LogP contribution in [0.25, 0.3) is 10.8 Å². The zero-order chi connectivity index (χ0) is 18.1. The Balaban J connectivity index is 1.91. The molecule has 1 atom stereocenters. The molecule has 2 aromatic rings. The number of amides is 1.